The van der Waals surface area contributed by atoms with Crippen molar-refractivity contribution in [1.29, 1.82) is 0 Å². The quantitative estimate of drug-likeness (QED) is 0.737. The van der Waals surface area contributed by atoms with Gasteiger partial charge < -0.3 is 15.4 Å². The lowest BCUT2D eigenvalue weighted by Gasteiger charge is -2.23. The van der Waals surface area contributed by atoms with Gasteiger partial charge in [-0.1, -0.05) is 56.3 Å². The zero-order valence-electron chi connectivity index (χ0n) is 16.3. The molecule has 0 aliphatic carbocycles. The second-order valence-corrected chi connectivity index (χ2v) is 7.00. The number of primary amides is 1. The molecule has 5 nitrogen and oxygen atoms in total. The molecule has 2 aromatic carbocycles. The summed E-state index contributed by atoms with van der Waals surface area (Å²) >= 11 is 0. The van der Waals surface area contributed by atoms with Crippen LogP contribution in [0.2, 0.25) is 0 Å². The molecule has 2 amide bonds. The molecule has 0 radical (unpaired) electrons. The first-order valence-corrected chi connectivity index (χ1v) is 9.20. The smallest absolute Gasteiger partial charge is 0.260 e. The fourth-order valence-corrected chi connectivity index (χ4v) is 2.82. The summed E-state index contributed by atoms with van der Waals surface area (Å²) in [5.41, 5.74) is 8.41. The monoisotopic (exact) mass is 368 g/mol. The summed E-state index contributed by atoms with van der Waals surface area (Å²) in [6, 6.07) is 15.7. The maximum atomic E-state index is 12.7. The molecule has 27 heavy (non-hydrogen) atoms. The first-order valence-electron chi connectivity index (χ1n) is 9.20. The third-order valence-electron chi connectivity index (χ3n) is 4.34. The van der Waals surface area contributed by atoms with Crippen molar-refractivity contribution in [3.8, 4) is 5.75 Å². The molecule has 0 bridgehead atoms. The molecular formula is C22H28N2O3. The molecule has 0 aromatic heterocycles. The summed E-state index contributed by atoms with van der Waals surface area (Å²) in [6.07, 6.45) is 0.125. The van der Waals surface area contributed by atoms with Crippen LogP contribution in [-0.2, 0) is 16.1 Å². The molecule has 0 heterocycles. The maximum Gasteiger partial charge on any atom is 0.260 e. The highest BCUT2D eigenvalue weighted by Crippen LogP contribution is 2.27. The van der Waals surface area contributed by atoms with E-state index in [9.17, 15) is 9.59 Å². The van der Waals surface area contributed by atoms with Gasteiger partial charge in [-0.2, -0.15) is 0 Å². The molecule has 0 aliphatic heterocycles. The fourth-order valence-electron chi connectivity index (χ4n) is 2.82. The number of nitrogens with zero attached hydrogens (tertiary/aromatic N) is 1. The van der Waals surface area contributed by atoms with Gasteiger partial charge in [0.05, 0.1) is 0 Å². The van der Waals surface area contributed by atoms with Gasteiger partial charge in [0.2, 0.25) is 5.91 Å². The first-order chi connectivity index (χ1) is 12.9. The van der Waals surface area contributed by atoms with Gasteiger partial charge in [-0.3, -0.25) is 9.59 Å². The second kappa shape index (κ2) is 9.76. The molecule has 5 heteroatoms. The number of ether oxygens (including phenoxy) is 1. The van der Waals surface area contributed by atoms with E-state index in [1.807, 2.05) is 55.5 Å². The summed E-state index contributed by atoms with van der Waals surface area (Å²) in [5.74, 6) is 0.428. The van der Waals surface area contributed by atoms with Crippen LogP contribution in [0.1, 0.15) is 42.9 Å². The van der Waals surface area contributed by atoms with Crippen LogP contribution in [-0.4, -0.2) is 29.9 Å². The standard InChI is InChI=1S/C22H28N2O3/c1-16(2)19-10-9-17(3)13-20(19)27-15-22(26)24(12-11-21(23)25)14-18-7-5-4-6-8-18/h4-10,13,16H,11-12,14-15H2,1-3H3,(H2,23,25). The van der Waals surface area contributed by atoms with Gasteiger partial charge in [0, 0.05) is 19.5 Å². The van der Waals surface area contributed by atoms with Crippen LogP contribution in [0.15, 0.2) is 48.5 Å². The normalized spacial score (nSPS) is 10.7. The topological polar surface area (TPSA) is 72.6 Å². The highest BCUT2D eigenvalue weighted by atomic mass is 16.5. The minimum absolute atomic E-state index is 0.0746. The largest absolute Gasteiger partial charge is 0.483 e. The Labute approximate surface area is 161 Å². The van der Waals surface area contributed by atoms with Crippen molar-refractivity contribution in [2.24, 2.45) is 5.73 Å². The van der Waals surface area contributed by atoms with E-state index in [2.05, 4.69) is 13.8 Å². The summed E-state index contributed by atoms with van der Waals surface area (Å²) in [7, 11) is 0. The van der Waals surface area contributed by atoms with E-state index >= 15 is 0 Å². The van der Waals surface area contributed by atoms with Crippen molar-refractivity contribution >= 4 is 11.8 Å². The molecule has 0 atom stereocenters. The zero-order chi connectivity index (χ0) is 19.8. The highest BCUT2D eigenvalue weighted by molar-refractivity contribution is 5.79. The highest BCUT2D eigenvalue weighted by Gasteiger charge is 2.17. The van der Waals surface area contributed by atoms with Gasteiger partial charge in [-0.15, -0.1) is 0 Å². The van der Waals surface area contributed by atoms with Gasteiger partial charge in [-0.25, -0.2) is 0 Å². The number of carbonyl (C=O) groups excluding carboxylic acids is 2. The van der Waals surface area contributed by atoms with E-state index in [-0.39, 0.29) is 25.5 Å². The van der Waals surface area contributed by atoms with Crippen molar-refractivity contribution in [2.75, 3.05) is 13.2 Å². The number of hydrogen-bond donors (Lipinski definition) is 1. The Hall–Kier alpha value is -2.82. The molecule has 0 saturated heterocycles. The number of hydrogen-bond acceptors (Lipinski definition) is 3. The van der Waals surface area contributed by atoms with Crippen LogP contribution < -0.4 is 10.5 Å². The van der Waals surface area contributed by atoms with Crippen LogP contribution >= 0.6 is 0 Å². The lowest BCUT2D eigenvalue weighted by molar-refractivity contribution is -0.134. The number of aryl methyl sites for hydroxylation is 1. The Morgan fingerprint density at radius 3 is 2.44 bits per heavy atom. The number of amides is 2. The Morgan fingerprint density at radius 1 is 1.11 bits per heavy atom. The predicted octanol–water partition coefficient (Wildman–Crippen LogP) is 3.40. The fraction of sp³-hybridized carbons (Fsp3) is 0.364. The SMILES string of the molecule is Cc1ccc(C(C)C)c(OCC(=O)N(CCC(N)=O)Cc2ccccc2)c1. The number of carbonyl (C=O) groups is 2. The summed E-state index contributed by atoms with van der Waals surface area (Å²) in [5, 5.41) is 0. The van der Waals surface area contributed by atoms with Crippen LogP contribution in [0.25, 0.3) is 0 Å². The molecule has 0 fully saturated rings. The van der Waals surface area contributed by atoms with Gasteiger partial charge in [0.25, 0.3) is 5.91 Å². The van der Waals surface area contributed by atoms with Gasteiger partial charge in [-0.05, 0) is 35.6 Å². The Kier molecular flexibility index (Phi) is 7.41. The van der Waals surface area contributed by atoms with E-state index in [1.54, 1.807) is 4.90 Å². The van der Waals surface area contributed by atoms with Crippen molar-refractivity contribution in [2.45, 2.75) is 39.7 Å². The van der Waals surface area contributed by atoms with Crippen LogP contribution in [0.4, 0.5) is 0 Å². The van der Waals surface area contributed by atoms with E-state index in [0.29, 0.717) is 12.5 Å². The van der Waals surface area contributed by atoms with Crippen molar-refractivity contribution in [3.05, 3.63) is 65.2 Å². The lowest BCUT2D eigenvalue weighted by atomic mass is 10.0. The molecule has 0 saturated carbocycles. The van der Waals surface area contributed by atoms with Crippen LogP contribution in [0.3, 0.4) is 0 Å². The summed E-state index contributed by atoms with van der Waals surface area (Å²) in [4.78, 5) is 25.5. The van der Waals surface area contributed by atoms with Gasteiger partial charge in [0.1, 0.15) is 5.75 Å². The molecule has 2 rings (SSSR count). The molecular weight excluding hydrogens is 340 g/mol. The van der Waals surface area contributed by atoms with Crippen LogP contribution in [0, 0.1) is 6.92 Å². The van der Waals surface area contributed by atoms with Gasteiger partial charge in [0.15, 0.2) is 6.61 Å². The predicted molar refractivity (Wildman–Crippen MR) is 106 cm³/mol. The molecule has 2 N–H and O–H groups in total. The van der Waals surface area contributed by atoms with Crippen molar-refractivity contribution in [1.82, 2.24) is 4.90 Å². The number of nitrogens with two attached hydrogens (primary N) is 1. The van der Waals surface area contributed by atoms with E-state index in [0.717, 1.165) is 22.4 Å². The van der Waals surface area contributed by atoms with E-state index < -0.39 is 5.91 Å². The minimum atomic E-state index is -0.428. The van der Waals surface area contributed by atoms with Crippen molar-refractivity contribution in [3.63, 3.8) is 0 Å². The molecule has 0 unspecified atom stereocenters. The Bertz CT molecular complexity index is 772. The minimum Gasteiger partial charge on any atom is -0.483 e. The molecule has 2 aromatic rings. The van der Waals surface area contributed by atoms with Crippen molar-refractivity contribution < 1.29 is 14.3 Å². The molecule has 144 valence electrons. The van der Waals surface area contributed by atoms with Crippen LogP contribution in [0.5, 0.6) is 5.75 Å². The Balaban J connectivity index is 2.09. The number of rotatable bonds is 9. The third kappa shape index (κ3) is 6.44. The average Bonchev–Trinajstić information content (AvgIpc) is 2.63. The average molecular weight is 368 g/mol. The third-order valence-corrected chi connectivity index (χ3v) is 4.34. The zero-order valence-corrected chi connectivity index (χ0v) is 16.3. The lowest BCUT2D eigenvalue weighted by Crippen LogP contribution is -2.36. The second-order valence-electron chi connectivity index (χ2n) is 7.00. The number of benzene rings is 2. The Morgan fingerprint density at radius 2 is 1.81 bits per heavy atom. The molecule has 0 spiro atoms. The summed E-state index contributed by atoms with van der Waals surface area (Å²) < 4.78 is 5.86. The summed E-state index contributed by atoms with van der Waals surface area (Å²) in [6.45, 7) is 6.79. The first kappa shape index (κ1) is 20.5. The van der Waals surface area contributed by atoms with Gasteiger partial charge >= 0.3 is 0 Å². The molecule has 0 aliphatic rings. The maximum absolute atomic E-state index is 12.7. The van der Waals surface area contributed by atoms with E-state index in [4.69, 9.17) is 10.5 Å². The van der Waals surface area contributed by atoms with E-state index in [1.165, 1.54) is 0 Å².